The summed E-state index contributed by atoms with van der Waals surface area (Å²) in [6.45, 7) is 7.78. The highest BCUT2D eigenvalue weighted by atomic mass is 16.5. The van der Waals surface area contributed by atoms with Crippen molar-refractivity contribution in [1.82, 2.24) is 0 Å². The number of hydrogen-bond donors (Lipinski definition) is 1. The van der Waals surface area contributed by atoms with Crippen LogP contribution in [0.3, 0.4) is 0 Å². The number of benzene rings is 1. The van der Waals surface area contributed by atoms with Gasteiger partial charge in [-0.15, -0.1) is 0 Å². The molecule has 0 fully saturated rings. The van der Waals surface area contributed by atoms with Crippen molar-refractivity contribution in [1.29, 1.82) is 0 Å². The number of hydrogen-bond acceptors (Lipinski definition) is 3. The van der Waals surface area contributed by atoms with Gasteiger partial charge in [-0.1, -0.05) is 36.0 Å². The quantitative estimate of drug-likeness (QED) is 0.567. The van der Waals surface area contributed by atoms with Crippen molar-refractivity contribution in [3.8, 4) is 11.5 Å². The number of aryl methyl sites for hydroxylation is 1. The van der Waals surface area contributed by atoms with E-state index in [1.807, 2.05) is 51.1 Å². The molecule has 0 bridgehead atoms. The summed E-state index contributed by atoms with van der Waals surface area (Å²) in [4.78, 5) is 10.6. The number of rotatable bonds is 7. The lowest BCUT2D eigenvalue weighted by atomic mass is 10.00. The van der Waals surface area contributed by atoms with Gasteiger partial charge in [-0.2, -0.15) is 0 Å². The van der Waals surface area contributed by atoms with Gasteiger partial charge >= 0.3 is 5.97 Å². The van der Waals surface area contributed by atoms with Crippen molar-refractivity contribution in [3.05, 3.63) is 64.3 Å². The van der Waals surface area contributed by atoms with Crippen LogP contribution in [-0.2, 0) is 4.79 Å². The lowest BCUT2D eigenvalue weighted by molar-refractivity contribution is -0.131. The van der Waals surface area contributed by atoms with Gasteiger partial charge in [0.1, 0.15) is 0 Å². The number of aliphatic carboxylic acids is 1. The molecule has 0 aliphatic rings. The Balaban J connectivity index is 3.04. The maximum absolute atomic E-state index is 10.6. The molecule has 4 heteroatoms. The first-order valence-electron chi connectivity index (χ1n) is 7.96. The maximum atomic E-state index is 10.6. The van der Waals surface area contributed by atoms with Gasteiger partial charge in [-0.3, -0.25) is 0 Å². The second kappa shape index (κ2) is 9.52. The first-order valence-corrected chi connectivity index (χ1v) is 7.96. The lowest BCUT2D eigenvalue weighted by Gasteiger charge is -2.15. The molecular weight excluding hydrogens is 316 g/mol. The highest BCUT2D eigenvalue weighted by Gasteiger charge is 2.12. The van der Waals surface area contributed by atoms with E-state index in [1.54, 1.807) is 27.2 Å². The number of ether oxygens (including phenoxy) is 2. The number of carboxylic acids is 1. The summed E-state index contributed by atoms with van der Waals surface area (Å²) in [5.41, 5.74) is 4.96. The molecule has 0 saturated carbocycles. The molecule has 1 aromatic rings. The molecule has 0 unspecified atom stereocenters. The molecule has 134 valence electrons. The molecule has 1 rings (SSSR count). The van der Waals surface area contributed by atoms with E-state index >= 15 is 0 Å². The molecule has 0 aliphatic carbocycles. The first-order chi connectivity index (χ1) is 11.8. The topological polar surface area (TPSA) is 55.8 Å². The zero-order valence-corrected chi connectivity index (χ0v) is 15.7. The average Bonchev–Trinajstić information content (AvgIpc) is 2.53. The summed E-state index contributed by atoms with van der Waals surface area (Å²) in [6, 6.07) is 1.96. The van der Waals surface area contributed by atoms with Gasteiger partial charge in [-0.05, 0) is 50.5 Å². The van der Waals surface area contributed by atoms with Gasteiger partial charge < -0.3 is 14.6 Å². The minimum Gasteiger partial charge on any atom is -0.493 e. The summed E-state index contributed by atoms with van der Waals surface area (Å²) in [5.74, 6) is 0.524. The van der Waals surface area contributed by atoms with E-state index in [0.717, 1.165) is 33.8 Å². The van der Waals surface area contributed by atoms with E-state index in [9.17, 15) is 4.79 Å². The van der Waals surface area contributed by atoms with Crippen molar-refractivity contribution in [2.24, 2.45) is 0 Å². The zero-order valence-electron chi connectivity index (χ0n) is 15.7. The zero-order chi connectivity index (χ0) is 19.0. The van der Waals surface area contributed by atoms with Crippen molar-refractivity contribution in [3.63, 3.8) is 0 Å². The van der Waals surface area contributed by atoms with Crippen LogP contribution in [0.4, 0.5) is 0 Å². The van der Waals surface area contributed by atoms with E-state index in [4.69, 9.17) is 14.6 Å². The van der Waals surface area contributed by atoms with Crippen molar-refractivity contribution >= 4 is 12.0 Å². The monoisotopic (exact) mass is 342 g/mol. The number of carbonyl (C=O) groups is 1. The summed E-state index contributed by atoms with van der Waals surface area (Å²) in [5, 5.41) is 8.68. The highest BCUT2D eigenvalue weighted by molar-refractivity contribution is 5.81. The molecule has 0 saturated heterocycles. The van der Waals surface area contributed by atoms with Crippen LogP contribution in [0.1, 0.15) is 30.5 Å². The van der Waals surface area contributed by atoms with Gasteiger partial charge in [0.2, 0.25) is 0 Å². The van der Waals surface area contributed by atoms with E-state index in [0.29, 0.717) is 5.57 Å². The van der Waals surface area contributed by atoms with Crippen LogP contribution < -0.4 is 9.47 Å². The van der Waals surface area contributed by atoms with Crippen molar-refractivity contribution in [2.45, 2.75) is 27.7 Å². The van der Waals surface area contributed by atoms with Crippen LogP contribution >= 0.6 is 0 Å². The minimum absolute atomic E-state index is 0.687. The molecule has 0 radical (unpaired) electrons. The highest BCUT2D eigenvalue weighted by Crippen LogP contribution is 2.35. The predicted octanol–water partition coefficient (Wildman–Crippen LogP) is 4.87. The molecule has 0 spiro atoms. The van der Waals surface area contributed by atoms with Crippen LogP contribution in [0.15, 0.2) is 47.6 Å². The Bertz CT molecular complexity index is 750. The van der Waals surface area contributed by atoms with E-state index in [2.05, 4.69) is 0 Å². The summed E-state index contributed by atoms with van der Waals surface area (Å²) < 4.78 is 10.8. The summed E-state index contributed by atoms with van der Waals surface area (Å²) >= 11 is 0. The standard InChI is InChI=1S/C21H26O4/c1-14(8-7-9-15(2)12-20(22)23)10-11-18-16(3)13-19(24-5)21(25-6)17(18)4/h7-13H,1-6H3,(H,22,23). The smallest absolute Gasteiger partial charge is 0.328 e. The van der Waals surface area contributed by atoms with Crippen molar-refractivity contribution in [2.75, 3.05) is 14.2 Å². The van der Waals surface area contributed by atoms with Gasteiger partial charge in [0, 0.05) is 11.6 Å². The Morgan fingerprint density at radius 3 is 2.32 bits per heavy atom. The number of carboxylic acid groups (broad SMARTS) is 1. The first kappa shape index (κ1) is 20.3. The third-order valence-electron chi connectivity index (χ3n) is 3.75. The van der Waals surface area contributed by atoms with Crippen LogP contribution in [0.5, 0.6) is 11.5 Å². The SMILES string of the molecule is COc1cc(C)c(C=CC(C)=CC=CC(C)=CC(=O)O)c(C)c1OC. The fourth-order valence-electron chi connectivity index (χ4n) is 2.47. The Morgan fingerprint density at radius 1 is 1.08 bits per heavy atom. The van der Waals surface area contributed by atoms with Crippen LogP contribution in [0, 0.1) is 13.8 Å². The second-order valence-electron chi connectivity index (χ2n) is 5.80. The van der Waals surface area contributed by atoms with Gasteiger partial charge in [0.15, 0.2) is 11.5 Å². The van der Waals surface area contributed by atoms with Gasteiger partial charge in [0.25, 0.3) is 0 Å². The van der Waals surface area contributed by atoms with E-state index < -0.39 is 5.97 Å². The van der Waals surface area contributed by atoms with E-state index in [-0.39, 0.29) is 0 Å². The molecule has 0 atom stereocenters. The van der Waals surface area contributed by atoms with Crippen LogP contribution in [-0.4, -0.2) is 25.3 Å². The fourth-order valence-corrected chi connectivity index (χ4v) is 2.47. The predicted molar refractivity (Wildman–Crippen MR) is 102 cm³/mol. The summed E-state index contributed by atoms with van der Waals surface area (Å²) in [6.07, 6.45) is 10.8. The molecule has 0 amide bonds. The van der Waals surface area contributed by atoms with E-state index in [1.165, 1.54) is 6.08 Å². The normalized spacial score (nSPS) is 12.9. The minimum atomic E-state index is -0.942. The molecule has 0 aromatic heterocycles. The molecule has 0 aliphatic heterocycles. The molecule has 4 nitrogen and oxygen atoms in total. The average molecular weight is 342 g/mol. The van der Waals surface area contributed by atoms with Gasteiger partial charge in [0.05, 0.1) is 14.2 Å². The molecule has 1 N–H and O–H groups in total. The summed E-state index contributed by atoms with van der Waals surface area (Å²) in [7, 11) is 3.27. The largest absolute Gasteiger partial charge is 0.493 e. The Hall–Kier alpha value is -2.75. The Morgan fingerprint density at radius 2 is 1.76 bits per heavy atom. The molecule has 1 aromatic carbocycles. The van der Waals surface area contributed by atoms with Gasteiger partial charge in [-0.25, -0.2) is 4.79 Å². The van der Waals surface area contributed by atoms with Crippen LogP contribution in [0.25, 0.3) is 6.08 Å². The lowest BCUT2D eigenvalue weighted by Crippen LogP contribution is -1.97. The van der Waals surface area contributed by atoms with Crippen molar-refractivity contribution < 1.29 is 19.4 Å². The third kappa shape index (κ3) is 5.99. The second-order valence-corrected chi connectivity index (χ2v) is 5.80. The third-order valence-corrected chi connectivity index (χ3v) is 3.75. The number of allylic oxidation sites excluding steroid dienone is 6. The number of methoxy groups -OCH3 is 2. The van der Waals surface area contributed by atoms with Crippen LogP contribution in [0.2, 0.25) is 0 Å². The molecule has 0 heterocycles. The maximum Gasteiger partial charge on any atom is 0.328 e. The fraction of sp³-hybridized carbons (Fsp3) is 0.286. The molecule has 25 heavy (non-hydrogen) atoms. The Kier molecular flexibility index (Phi) is 7.73. The molecular formula is C21H26O4. The Labute approximate surface area is 149 Å².